The van der Waals surface area contributed by atoms with Gasteiger partial charge in [-0.1, -0.05) is 5.16 Å². The van der Waals surface area contributed by atoms with Gasteiger partial charge in [-0.15, -0.1) is 0 Å². The zero-order valence-corrected chi connectivity index (χ0v) is 11.6. The summed E-state index contributed by atoms with van der Waals surface area (Å²) in [6, 6.07) is 4.58. The van der Waals surface area contributed by atoms with Crippen molar-refractivity contribution in [3.05, 3.63) is 29.6 Å². The van der Waals surface area contributed by atoms with Gasteiger partial charge in [-0.3, -0.25) is 0 Å². The Bertz CT molecular complexity index is 487. The average molecular weight is 281 g/mol. The quantitative estimate of drug-likeness (QED) is 0.382. The van der Waals surface area contributed by atoms with Crippen molar-refractivity contribution in [2.75, 3.05) is 31.7 Å². The van der Waals surface area contributed by atoms with Gasteiger partial charge in [-0.05, 0) is 37.0 Å². The maximum absolute atomic E-state index is 14.1. The molecule has 1 fully saturated rings. The zero-order valence-electron chi connectivity index (χ0n) is 11.6. The summed E-state index contributed by atoms with van der Waals surface area (Å²) in [5.41, 5.74) is 6.33. The molecule has 0 spiro atoms. The van der Waals surface area contributed by atoms with E-state index < -0.39 is 0 Å². The van der Waals surface area contributed by atoms with E-state index >= 15 is 0 Å². The zero-order chi connectivity index (χ0) is 14.5. The molecule has 1 aromatic carbocycles. The third kappa shape index (κ3) is 3.39. The molecule has 2 rings (SSSR count). The van der Waals surface area contributed by atoms with Gasteiger partial charge in [-0.2, -0.15) is 0 Å². The van der Waals surface area contributed by atoms with Crippen LogP contribution in [0.2, 0.25) is 0 Å². The van der Waals surface area contributed by atoms with Crippen LogP contribution in [0.4, 0.5) is 10.1 Å². The van der Waals surface area contributed by atoms with Gasteiger partial charge in [-0.25, -0.2) is 4.39 Å². The number of anilines is 1. The van der Waals surface area contributed by atoms with Gasteiger partial charge in [0.2, 0.25) is 0 Å². The number of nitrogens with zero attached hydrogens (tertiary/aromatic N) is 2. The van der Waals surface area contributed by atoms with Crippen molar-refractivity contribution in [2.24, 2.45) is 16.8 Å². The SMILES string of the molecule is CN(CC1CCOCC1)c1ccc(C(N)=NO)cc1F. The van der Waals surface area contributed by atoms with Gasteiger partial charge >= 0.3 is 0 Å². The number of halogens is 1. The topological polar surface area (TPSA) is 71.1 Å². The Morgan fingerprint density at radius 2 is 2.20 bits per heavy atom. The third-order valence-electron chi connectivity index (χ3n) is 3.64. The van der Waals surface area contributed by atoms with Crippen molar-refractivity contribution in [3.8, 4) is 0 Å². The molecule has 1 saturated heterocycles. The lowest BCUT2D eigenvalue weighted by molar-refractivity contribution is 0.0685. The molecule has 0 saturated carbocycles. The molecule has 20 heavy (non-hydrogen) atoms. The molecule has 0 aromatic heterocycles. The lowest BCUT2D eigenvalue weighted by Crippen LogP contribution is -2.30. The van der Waals surface area contributed by atoms with Crippen LogP contribution in [0.5, 0.6) is 0 Å². The summed E-state index contributed by atoms with van der Waals surface area (Å²) in [6.45, 7) is 2.36. The van der Waals surface area contributed by atoms with Crippen LogP contribution in [-0.4, -0.2) is 37.8 Å². The van der Waals surface area contributed by atoms with Crippen LogP contribution in [0.15, 0.2) is 23.4 Å². The molecule has 0 aliphatic carbocycles. The van der Waals surface area contributed by atoms with Crippen LogP contribution >= 0.6 is 0 Å². The minimum Gasteiger partial charge on any atom is -0.409 e. The van der Waals surface area contributed by atoms with Crippen LogP contribution in [-0.2, 0) is 4.74 Å². The predicted octanol–water partition coefficient (Wildman–Crippen LogP) is 1.78. The van der Waals surface area contributed by atoms with E-state index in [2.05, 4.69) is 5.16 Å². The first-order valence-corrected chi connectivity index (χ1v) is 6.68. The molecule has 0 unspecified atom stereocenters. The van der Waals surface area contributed by atoms with Crippen molar-refractivity contribution in [1.82, 2.24) is 0 Å². The van der Waals surface area contributed by atoms with E-state index in [0.717, 1.165) is 32.6 Å². The number of oxime groups is 1. The van der Waals surface area contributed by atoms with Crippen LogP contribution < -0.4 is 10.6 Å². The molecular weight excluding hydrogens is 261 g/mol. The summed E-state index contributed by atoms with van der Waals surface area (Å²) in [6.07, 6.45) is 2.02. The van der Waals surface area contributed by atoms with Crippen LogP contribution in [0.3, 0.4) is 0 Å². The molecule has 3 N–H and O–H groups in total. The number of hydrogen-bond acceptors (Lipinski definition) is 4. The van der Waals surface area contributed by atoms with Gasteiger partial charge in [0.1, 0.15) is 5.82 Å². The Kier molecular flexibility index (Phi) is 4.79. The minimum atomic E-state index is -0.372. The van der Waals surface area contributed by atoms with Crippen LogP contribution in [0, 0.1) is 11.7 Å². The summed E-state index contributed by atoms with van der Waals surface area (Å²) in [5, 5.41) is 11.5. The molecule has 0 radical (unpaired) electrons. The first-order valence-electron chi connectivity index (χ1n) is 6.68. The Balaban J connectivity index is 2.07. The summed E-state index contributed by atoms with van der Waals surface area (Å²) in [5.74, 6) is 0.0584. The second-order valence-corrected chi connectivity index (χ2v) is 5.09. The van der Waals surface area contributed by atoms with Crippen LogP contribution in [0.25, 0.3) is 0 Å². The Labute approximate surface area is 117 Å². The number of nitrogens with two attached hydrogens (primary N) is 1. The Morgan fingerprint density at radius 3 is 2.80 bits per heavy atom. The van der Waals surface area contributed by atoms with Crippen LogP contribution in [0.1, 0.15) is 18.4 Å². The molecule has 110 valence electrons. The average Bonchev–Trinajstić information content (AvgIpc) is 2.47. The van der Waals surface area contributed by atoms with Gasteiger partial charge in [0.05, 0.1) is 5.69 Å². The monoisotopic (exact) mass is 281 g/mol. The molecule has 1 aliphatic rings. The normalized spacial score (nSPS) is 17.2. The lowest BCUT2D eigenvalue weighted by atomic mass is 9.99. The molecule has 1 aromatic rings. The summed E-state index contributed by atoms with van der Waals surface area (Å²) < 4.78 is 19.4. The van der Waals surface area contributed by atoms with E-state index in [1.54, 1.807) is 12.1 Å². The van der Waals surface area contributed by atoms with Crippen molar-refractivity contribution < 1.29 is 14.3 Å². The number of rotatable bonds is 4. The second-order valence-electron chi connectivity index (χ2n) is 5.09. The molecular formula is C14H20FN3O2. The Morgan fingerprint density at radius 1 is 1.50 bits per heavy atom. The maximum atomic E-state index is 14.1. The first kappa shape index (κ1) is 14.6. The molecule has 5 nitrogen and oxygen atoms in total. The molecule has 6 heteroatoms. The smallest absolute Gasteiger partial charge is 0.170 e. The molecule has 0 atom stereocenters. The summed E-state index contributed by atoms with van der Waals surface area (Å²) >= 11 is 0. The first-order chi connectivity index (χ1) is 9.61. The summed E-state index contributed by atoms with van der Waals surface area (Å²) in [7, 11) is 1.87. The van der Waals surface area contributed by atoms with Crippen molar-refractivity contribution >= 4 is 11.5 Å². The number of ether oxygens (including phenoxy) is 1. The number of hydrogen-bond donors (Lipinski definition) is 2. The van der Waals surface area contributed by atoms with Gasteiger partial charge in [0.15, 0.2) is 5.84 Å². The highest BCUT2D eigenvalue weighted by atomic mass is 19.1. The standard InChI is InChI=1S/C14H20FN3O2/c1-18(9-10-4-6-20-7-5-10)13-3-2-11(8-12(13)15)14(16)17-19/h2-3,8,10,19H,4-7,9H2,1H3,(H2,16,17). The van der Waals surface area contributed by atoms with E-state index in [0.29, 0.717) is 17.2 Å². The summed E-state index contributed by atoms with van der Waals surface area (Å²) in [4.78, 5) is 1.90. The predicted molar refractivity (Wildman–Crippen MR) is 75.7 cm³/mol. The van der Waals surface area contributed by atoms with E-state index in [4.69, 9.17) is 15.7 Å². The van der Waals surface area contributed by atoms with Crippen molar-refractivity contribution in [3.63, 3.8) is 0 Å². The lowest BCUT2D eigenvalue weighted by Gasteiger charge is -2.28. The van der Waals surface area contributed by atoms with E-state index in [-0.39, 0.29) is 11.7 Å². The van der Waals surface area contributed by atoms with Gasteiger partial charge in [0.25, 0.3) is 0 Å². The van der Waals surface area contributed by atoms with E-state index in [1.165, 1.54) is 6.07 Å². The number of benzene rings is 1. The van der Waals surface area contributed by atoms with Crippen molar-refractivity contribution in [2.45, 2.75) is 12.8 Å². The highest BCUT2D eigenvalue weighted by Crippen LogP contribution is 2.23. The molecule has 0 amide bonds. The fraction of sp³-hybridized carbons (Fsp3) is 0.500. The van der Waals surface area contributed by atoms with Gasteiger partial charge in [0, 0.05) is 32.4 Å². The second kappa shape index (κ2) is 6.56. The highest BCUT2D eigenvalue weighted by molar-refractivity contribution is 5.97. The molecule has 1 aliphatic heterocycles. The maximum Gasteiger partial charge on any atom is 0.170 e. The third-order valence-corrected chi connectivity index (χ3v) is 3.64. The largest absolute Gasteiger partial charge is 0.409 e. The Hall–Kier alpha value is -1.82. The van der Waals surface area contributed by atoms with E-state index in [1.807, 2.05) is 11.9 Å². The van der Waals surface area contributed by atoms with Crippen molar-refractivity contribution in [1.29, 1.82) is 0 Å². The fourth-order valence-corrected chi connectivity index (χ4v) is 2.45. The van der Waals surface area contributed by atoms with E-state index in [9.17, 15) is 4.39 Å². The minimum absolute atomic E-state index is 0.0949. The molecule has 0 bridgehead atoms. The fourth-order valence-electron chi connectivity index (χ4n) is 2.45. The van der Waals surface area contributed by atoms with Gasteiger partial charge < -0.3 is 20.6 Å². The highest BCUT2D eigenvalue weighted by Gasteiger charge is 2.18. The molecule has 1 heterocycles. The number of amidine groups is 1.